The molecule has 3 heteroatoms. The molecule has 18 heavy (non-hydrogen) atoms. The molecule has 0 spiro atoms. The first-order valence-corrected chi connectivity index (χ1v) is 7.37. The highest BCUT2D eigenvalue weighted by Crippen LogP contribution is 2.20. The number of halogens is 1. The van der Waals surface area contributed by atoms with E-state index in [1.165, 1.54) is 37.7 Å². The van der Waals surface area contributed by atoms with E-state index in [0.717, 1.165) is 29.8 Å². The molecule has 1 aromatic rings. The minimum atomic E-state index is 0.737. The zero-order valence-electron chi connectivity index (χ0n) is 11.1. The van der Waals surface area contributed by atoms with Crippen molar-refractivity contribution in [2.24, 2.45) is 0 Å². The number of benzene rings is 1. The van der Waals surface area contributed by atoms with E-state index in [1.54, 1.807) is 0 Å². The summed E-state index contributed by atoms with van der Waals surface area (Å²) in [7, 11) is 0. The molecular weight excluding hydrogens is 244 g/mol. The van der Waals surface area contributed by atoms with Gasteiger partial charge in [0.1, 0.15) is 0 Å². The number of nitrogens with one attached hydrogen (secondary N) is 2. The van der Waals surface area contributed by atoms with Crippen LogP contribution in [0.3, 0.4) is 0 Å². The fourth-order valence-corrected chi connectivity index (χ4v) is 2.74. The second-order valence-electron chi connectivity index (χ2n) is 5.18. The van der Waals surface area contributed by atoms with Gasteiger partial charge in [0.15, 0.2) is 0 Å². The predicted octanol–water partition coefficient (Wildman–Crippen LogP) is 3.98. The van der Waals surface area contributed by atoms with Crippen LogP contribution in [-0.2, 0) is 0 Å². The SMILES string of the molecule is Cc1ccc(Cl)cc1NCCNC1CCCCC1. The number of hydrogen-bond donors (Lipinski definition) is 2. The smallest absolute Gasteiger partial charge is 0.0426 e. The van der Waals surface area contributed by atoms with Crippen molar-refractivity contribution in [3.8, 4) is 0 Å². The number of rotatable bonds is 5. The molecule has 0 atom stereocenters. The third-order valence-electron chi connectivity index (χ3n) is 3.68. The Morgan fingerprint density at radius 2 is 1.94 bits per heavy atom. The Morgan fingerprint density at radius 3 is 2.72 bits per heavy atom. The second-order valence-corrected chi connectivity index (χ2v) is 5.61. The standard InChI is InChI=1S/C15H23ClN2/c1-12-7-8-13(16)11-15(12)18-10-9-17-14-5-3-2-4-6-14/h7-8,11,14,17-18H,2-6,9-10H2,1H3. The fraction of sp³-hybridized carbons (Fsp3) is 0.600. The highest BCUT2D eigenvalue weighted by molar-refractivity contribution is 6.30. The summed E-state index contributed by atoms with van der Waals surface area (Å²) in [5.74, 6) is 0. The molecule has 2 rings (SSSR count). The monoisotopic (exact) mass is 266 g/mol. The minimum absolute atomic E-state index is 0.737. The van der Waals surface area contributed by atoms with Crippen molar-refractivity contribution in [2.45, 2.75) is 45.1 Å². The van der Waals surface area contributed by atoms with Gasteiger partial charge in [-0.25, -0.2) is 0 Å². The maximum Gasteiger partial charge on any atom is 0.0426 e. The van der Waals surface area contributed by atoms with Crippen molar-refractivity contribution in [3.05, 3.63) is 28.8 Å². The Morgan fingerprint density at radius 1 is 1.17 bits per heavy atom. The molecule has 1 saturated carbocycles. The van der Waals surface area contributed by atoms with Gasteiger partial charge in [0, 0.05) is 29.8 Å². The summed E-state index contributed by atoms with van der Waals surface area (Å²) < 4.78 is 0. The third-order valence-corrected chi connectivity index (χ3v) is 3.91. The van der Waals surface area contributed by atoms with Crippen LogP contribution in [0.1, 0.15) is 37.7 Å². The van der Waals surface area contributed by atoms with Crippen LogP contribution in [0.25, 0.3) is 0 Å². The van der Waals surface area contributed by atoms with Gasteiger partial charge in [0.2, 0.25) is 0 Å². The largest absolute Gasteiger partial charge is 0.384 e. The highest BCUT2D eigenvalue weighted by atomic mass is 35.5. The van der Waals surface area contributed by atoms with Crippen molar-refractivity contribution >= 4 is 17.3 Å². The first kappa shape index (κ1) is 13.7. The van der Waals surface area contributed by atoms with Gasteiger partial charge >= 0.3 is 0 Å². The van der Waals surface area contributed by atoms with Gasteiger partial charge in [-0.2, -0.15) is 0 Å². The quantitative estimate of drug-likeness (QED) is 0.788. The van der Waals surface area contributed by atoms with E-state index < -0.39 is 0 Å². The van der Waals surface area contributed by atoms with Crippen molar-refractivity contribution < 1.29 is 0 Å². The van der Waals surface area contributed by atoms with E-state index in [-0.39, 0.29) is 0 Å². The van der Waals surface area contributed by atoms with E-state index in [9.17, 15) is 0 Å². The van der Waals surface area contributed by atoms with Gasteiger partial charge < -0.3 is 10.6 Å². The van der Waals surface area contributed by atoms with E-state index in [2.05, 4.69) is 23.6 Å². The molecule has 0 amide bonds. The molecule has 2 N–H and O–H groups in total. The Labute approximate surface area is 115 Å². The molecule has 0 aromatic heterocycles. The minimum Gasteiger partial charge on any atom is -0.384 e. The van der Waals surface area contributed by atoms with Crippen molar-refractivity contribution in [3.63, 3.8) is 0 Å². The molecule has 0 aliphatic heterocycles. The summed E-state index contributed by atoms with van der Waals surface area (Å²) in [5.41, 5.74) is 2.39. The molecule has 0 bridgehead atoms. The molecule has 0 unspecified atom stereocenters. The third kappa shape index (κ3) is 4.18. The van der Waals surface area contributed by atoms with Gasteiger partial charge in [-0.1, -0.05) is 36.9 Å². The van der Waals surface area contributed by atoms with Crippen LogP contribution in [0.2, 0.25) is 5.02 Å². The Bertz CT molecular complexity index is 373. The summed E-state index contributed by atoms with van der Waals surface area (Å²) in [4.78, 5) is 0. The Kier molecular flexibility index (Phi) is 5.33. The van der Waals surface area contributed by atoms with Crippen LogP contribution >= 0.6 is 11.6 Å². The molecule has 1 fully saturated rings. The van der Waals surface area contributed by atoms with Crippen molar-refractivity contribution in [1.29, 1.82) is 0 Å². The van der Waals surface area contributed by atoms with Crippen molar-refractivity contribution in [1.82, 2.24) is 5.32 Å². The van der Waals surface area contributed by atoms with Crippen LogP contribution in [-0.4, -0.2) is 19.1 Å². The first-order valence-electron chi connectivity index (χ1n) is 6.99. The van der Waals surface area contributed by atoms with Crippen LogP contribution in [0.15, 0.2) is 18.2 Å². The van der Waals surface area contributed by atoms with E-state index in [0.29, 0.717) is 0 Å². The summed E-state index contributed by atoms with van der Waals surface area (Å²) in [5, 5.41) is 7.87. The van der Waals surface area contributed by atoms with Gasteiger partial charge in [-0.3, -0.25) is 0 Å². The molecule has 1 aliphatic carbocycles. The van der Waals surface area contributed by atoms with E-state index in [1.807, 2.05) is 12.1 Å². The zero-order chi connectivity index (χ0) is 12.8. The number of hydrogen-bond acceptors (Lipinski definition) is 2. The van der Waals surface area contributed by atoms with Gasteiger partial charge in [0.25, 0.3) is 0 Å². The second kappa shape index (κ2) is 7.01. The summed E-state index contributed by atoms with van der Waals surface area (Å²) in [6.07, 6.45) is 6.88. The first-order chi connectivity index (χ1) is 8.75. The lowest BCUT2D eigenvalue weighted by Crippen LogP contribution is -2.34. The number of anilines is 1. The maximum absolute atomic E-state index is 6.00. The average molecular weight is 267 g/mol. The molecule has 1 aromatic carbocycles. The molecule has 2 nitrogen and oxygen atoms in total. The summed E-state index contributed by atoms with van der Waals surface area (Å²) in [6, 6.07) is 6.72. The average Bonchev–Trinajstić information content (AvgIpc) is 2.40. The van der Waals surface area contributed by atoms with Crippen LogP contribution in [0, 0.1) is 6.92 Å². The summed E-state index contributed by atoms with van der Waals surface area (Å²) >= 11 is 6.00. The van der Waals surface area contributed by atoms with E-state index in [4.69, 9.17) is 11.6 Å². The highest BCUT2D eigenvalue weighted by Gasteiger charge is 2.11. The molecule has 100 valence electrons. The Hall–Kier alpha value is -0.730. The number of aryl methyl sites for hydroxylation is 1. The topological polar surface area (TPSA) is 24.1 Å². The maximum atomic E-state index is 6.00. The normalized spacial score (nSPS) is 16.8. The van der Waals surface area contributed by atoms with Gasteiger partial charge in [0.05, 0.1) is 0 Å². The molecule has 1 aliphatic rings. The lowest BCUT2D eigenvalue weighted by Gasteiger charge is -2.23. The van der Waals surface area contributed by atoms with Crippen LogP contribution < -0.4 is 10.6 Å². The zero-order valence-corrected chi connectivity index (χ0v) is 11.9. The molecule has 0 saturated heterocycles. The molecule has 0 radical (unpaired) electrons. The molecular formula is C15H23ClN2. The predicted molar refractivity (Wildman–Crippen MR) is 79.6 cm³/mol. The van der Waals surface area contributed by atoms with Crippen LogP contribution in [0.4, 0.5) is 5.69 Å². The van der Waals surface area contributed by atoms with Crippen LogP contribution in [0.5, 0.6) is 0 Å². The van der Waals surface area contributed by atoms with Crippen molar-refractivity contribution in [2.75, 3.05) is 18.4 Å². The lowest BCUT2D eigenvalue weighted by molar-refractivity contribution is 0.378. The Balaban J connectivity index is 1.69. The van der Waals surface area contributed by atoms with Gasteiger partial charge in [-0.05, 0) is 37.5 Å². The lowest BCUT2D eigenvalue weighted by atomic mass is 9.95. The molecule has 0 heterocycles. The van der Waals surface area contributed by atoms with E-state index >= 15 is 0 Å². The van der Waals surface area contributed by atoms with Gasteiger partial charge in [-0.15, -0.1) is 0 Å². The summed E-state index contributed by atoms with van der Waals surface area (Å²) in [6.45, 7) is 4.08. The fourth-order valence-electron chi connectivity index (χ4n) is 2.56.